The van der Waals surface area contributed by atoms with Gasteiger partial charge in [-0.2, -0.15) is 0 Å². The summed E-state index contributed by atoms with van der Waals surface area (Å²) in [6.45, 7) is -0.214. The largest absolute Gasteiger partial charge is 0.515 e. The molecule has 0 bridgehead atoms. The maximum atomic E-state index is 13.2. The molecular formula is C25H24O6. The first-order valence-corrected chi connectivity index (χ1v) is 9.60. The molecule has 0 aromatic heterocycles. The minimum Gasteiger partial charge on any atom is -0.515 e. The van der Waals surface area contributed by atoms with Crippen molar-refractivity contribution in [3.05, 3.63) is 102 Å². The van der Waals surface area contributed by atoms with E-state index in [2.05, 4.69) is 0 Å². The second-order valence-electron chi connectivity index (χ2n) is 6.76. The molecule has 0 fully saturated rings. The third kappa shape index (κ3) is 4.70. The molecule has 160 valence electrons. The van der Waals surface area contributed by atoms with Crippen LogP contribution >= 0.6 is 0 Å². The molecule has 0 aliphatic heterocycles. The highest BCUT2D eigenvalue weighted by Gasteiger charge is 2.42. The predicted octanol–water partition coefficient (Wildman–Crippen LogP) is 4.08. The standard InChI is InChI=1S/C25H24O6/c1-29-22-12-8-20(9-13-22)25(28,21-10-14-23(30-2)15-11-21)24(27)31-17-19(16-26)18-6-4-3-5-7-18/h3-16,26,28H,17H2,1-2H3. The van der Waals surface area contributed by atoms with Crippen molar-refractivity contribution < 1.29 is 29.2 Å². The summed E-state index contributed by atoms with van der Waals surface area (Å²) in [6.07, 6.45) is 0.891. The van der Waals surface area contributed by atoms with E-state index in [4.69, 9.17) is 14.2 Å². The predicted molar refractivity (Wildman–Crippen MR) is 117 cm³/mol. The van der Waals surface area contributed by atoms with Crippen molar-refractivity contribution >= 4 is 11.5 Å². The molecule has 0 spiro atoms. The summed E-state index contributed by atoms with van der Waals surface area (Å²) in [7, 11) is 3.07. The molecular weight excluding hydrogens is 396 g/mol. The summed E-state index contributed by atoms with van der Waals surface area (Å²) in [5, 5.41) is 21.2. The SMILES string of the molecule is COc1ccc(C(O)(C(=O)OCC(=CO)c2ccccc2)c2ccc(OC)cc2)cc1. The second-order valence-corrected chi connectivity index (χ2v) is 6.76. The van der Waals surface area contributed by atoms with E-state index < -0.39 is 11.6 Å². The minimum atomic E-state index is -2.07. The lowest BCUT2D eigenvalue weighted by Gasteiger charge is -2.27. The lowest BCUT2D eigenvalue weighted by atomic mass is 9.86. The molecule has 0 unspecified atom stereocenters. The number of esters is 1. The molecule has 0 saturated carbocycles. The molecule has 3 aromatic carbocycles. The van der Waals surface area contributed by atoms with Crippen LogP contribution in [0.25, 0.3) is 5.57 Å². The highest BCUT2D eigenvalue weighted by molar-refractivity contribution is 5.86. The lowest BCUT2D eigenvalue weighted by Crippen LogP contribution is -2.38. The van der Waals surface area contributed by atoms with Crippen LogP contribution in [0.2, 0.25) is 0 Å². The van der Waals surface area contributed by atoms with Gasteiger partial charge in [0.1, 0.15) is 18.1 Å². The summed E-state index contributed by atoms with van der Waals surface area (Å²) < 4.78 is 15.8. The zero-order valence-electron chi connectivity index (χ0n) is 17.3. The highest BCUT2D eigenvalue weighted by Crippen LogP contribution is 2.33. The Labute approximate surface area is 181 Å². The number of aliphatic hydroxyl groups excluding tert-OH is 1. The van der Waals surface area contributed by atoms with E-state index >= 15 is 0 Å². The van der Waals surface area contributed by atoms with E-state index in [0.29, 0.717) is 33.8 Å². The van der Waals surface area contributed by atoms with Crippen LogP contribution in [0.1, 0.15) is 16.7 Å². The first-order chi connectivity index (χ1) is 15.0. The highest BCUT2D eigenvalue weighted by atomic mass is 16.5. The number of carbonyl (C=O) groups is 1. The summed E-state index contributed by atoms with van der Waals surface area (Å²) in [5.74, 6) is 0.297. The molecule has 0 atom stereocenters. The molecule has 31 heavy (non-hydrogen) atoms. The van der Waals surface area contributed by atoms with Crippen molar-refractivity contribution in [3.63, 3.8) is 0 Å². The second kappa shape index (κ2) is 9.82. The first-order valence-electron chi connectivity index (χ1n) is 9.60. The topological polar surface area (TPSA) is 85.2 Å². The number of benzene rings is 3. The average Bonchev–Trinajstić information content (AvgIpc) is 2.84. The van der Waals surface area contributed by atoms with Gasteiger partial charge in [-0.05, 0) is 41.0 Å². The van der Waals surface area contributed by atoms with Crippen LogP contribution < -0.4 is 9.47 Å². The Bertz CT molecular complexity index is 976. The number of aliphatic hydroxyl groups is 2. The zero-order valence-corrected chi connectivity index (χ0v) is 17.3. The van der Waals surface area contributed by atoms with Crippen molar-refractivity contribution in [1.82, 2.24) is 0 Å². The third-order valence-corrected chi connectivity index (χ3v) is 4.97. The molecule has 0 radical (unpaired) electrons. The molecule has 0 aliphatic carbocycles. The summed E-state index contributed by atoms with van der Waals surface area (Å²) in [4.78, 5) is 13.2. The number of rotatable bonds is 8. The fourth-order valence-corrected chi connectivity index (χ4v) is 3.16. The van der Waals surface area contributed by atoms with Crippen LogP contribution in [0.4, 0.5) is 0 Å². The summed E-state index contributed by atoms with van der Waals surface area (Å²) in [6, 6.07) is 22.1. The molecule has 3 aromatic rings. The minimum absolute atomic E-state index is 0.214. The number of carbonyl (C=O) groups excluding carboxylic acids is 1. The van der Waals surface area contributed by atoms with E-state index in [0.717, 1.165) is 6.26 Å². The van der Waals surface area contributed by atoms with E-state index in [9.17, 15) is 15.0 Å². The number of methoxy groups -OCH3 is 2. The fraction of sp³-hybridized carbons (Fsp3) is 0.160. The number of hydrogen-bond acceptors (Lipinski definition) is 6. The Hall–Kier alpha value is -3.77. The van der Waals surface area contributed by atoms with E-state index in [1.54, 1.807) is 60.7 Å². The third-order valence-electron chi connectivity index (χ3n) is 4.97. The Balaban J connectivity index is 1.93. The van der Waals surface area contributed by atoms with E-state index in [-0.39, 0.29) is 6.61 Å². The molecule has 6 nitrogen and oxygen atoms in total. The molecule has 2 N–H and O–H groups in total. The van der Waals surface area contributed by atoms with Gasteiger partial charge in [0, 0.05) is 5.57 Å². The van der Waals surface area contributed by atoms with Gasteiger partial charge >= 0.3 is 5.97 Å². The Morgan fingerprint density at radius 3 is 1.74 bits per heavy atom. The van der Waals surface area contributed by atoms with Gasteiger partial charge in [-0.3, -0.25) is 0 Å². The van der Waals surface area contributed by atoms with E-state index in [1.807, 2.05) is 18.2 Å². The Morgan fingerprint density at radius 2 is 1.32 bits per heavy atom. The van der Waals surface area contributed by atoms with Crippen LogP contribution in [-0.4, -0.2) is 37.0 Å². The van der Waals surface area contributed by atoms with Crippen molar-refractivity contribution in [3.8, 4) is 11.5 Å². The van der Waals surface area contributed by atoms with Gasteiger partial charge in [-0.15, -0.1) is 0 Å². The molecule has 3 rings (SSSR count). The van der Waals surface area contributed by atoms with Crippen LogP contribution in [0, 0.1) is 0 Å². The zero-order chi connectivity index (χ0) is 22.3. The normalized spacial score (nSPS) is 11.6. The molecule has 0 aliphatic rings. The number of ether oxygens (including phenoxy) is 3. The smallest absolute Gasteiger partial charge is 0.348 e. The van der Waals surface area contributed by atoms with Crippen LogP contribution in [0.3, 0.4) is 0 Å². The van der Waals surface area contributed by atoms with Crippen molar-refractivity contribution in [2.75, 3.05) is 20.8 Å². The van der Waals surface area contributed by atoms with Gasteiger partial charge in [0.05, 0.1) is 20.5 Å². The van der Waals surface area contributed by atoms with Crippen molar-refractivity contribution in [1.29, 1.82) is 0 Å². The van der Waals surface area contributed by atoms with Crippen molar-refractivity contribution in [2.24, 2.45) is 0 Å². The first kappa shape index (κ1) is 21.9. The van der Waals surface area contributed by atoms with Gasteiger partial charge in [0.15, 0.2) is 0 Å². The number of hydrogen-bond donors (Lipinski definition) is 2. The van der Waals surface area contributed by atoms with E-state index in [1.165, 1.54) is 14.2 Å². The lowest BCUT2D eigenvalue weighted by molar-refractivity contribution is -0.160. The summed E-state index contributed by atoms with van der Waals surface area (Å²) >= 11 is 0. The average molecular weight is 420 g/mol. The molecule has 0 saturated heterocycles. The molecule has 6 heteroatoms. The van der Waals surface area contributed by atoms with Gasteiger partial charge in [-0.1, -0.05) is 54.6 Å². The summed E-state index contributed by atoms with van der Waals surface area (Å²) in [5.41, 5.74) is -0.332. The fourth-order valence-electron chi connectivity index (χ4n) is 3.16. The van der Waals surface area contributed by atoms with Crippen molar-refractivity contribution in [2.45, 2.75) is 5.60 Å². The van der Waals surface area contributed by atoms with Crippen LogP contribution in [-0.2, 0) is 15.1 Å². The quantitative estimate of drug-likeness (QED) is 0.422. The van der Waals surface area contributed by atoms with Gasteiger partial charge < -0.3 is 24.4 Å². The van der Waals surface area contributed by atoms with Gasteiger partial charge in [0.25, 0.3) is 0 Å². The monoisotopic (exact) mass is 420 g/mol. The van der Waals surface area contributed by atoms with Gasteiger partial charge in [0.2, 0.25) is 5.60 Å². The Morgan fingerprint density at radius 1 is 0.839 bits per heavy atom. The van der Waals surface area contributed by atoms with Crippen LogP contribution in [0.15, 0.2) is 85.1 Å². The maximum Gasteiger partial charge on any atom is 0.348 e. The van der Waals surface area contributed by atoms with Crippen LogP contribution in [0.5, 0.6) is 11.5 Å². The molecule has 0 amide bonds. The Kier molecular flexibility index (Phi) is 6.95. The maximum absolute atomic E-state index is 13.2. The molecule has 0 heterocycles. The van der Waals surface area contributed by atoms with Gasteiger partial charge in [-0.25, -0.2) is 4.79 Å².